The Hall–Kier alpha value is -3.36. The van der Waals surface area contributed by atoms with Crippen LogP contribution in [0.25, 0.3) is 11.1 Å². The lowest BCUT2D eigenvalue weighted by Gasteiger charge is -2.31. The first-order valence-corrected chi connectivity index (χ1v) is 11.2. The number of carboxylic acids is 1. The second kappa shape index (κ2) is 10.3. The zero-order chi connectivity index (χ0) is 24.9. The number of hydrogen-bond donors (Lipinski definition) is 3. The molecule has 2 amide bonds. The third-order valence-corrected chi connectivity index (χ3v) is 6.15. The molecule has 0 radical (unpaired) electrons. The molecule has 0 bridgehead atoms. The summed E-state index contributed by atoms with van der Waals surface area (Å²) in [5.74, 6) is -3.71. The predicted molar refractivity (Wildman–Crippen MR) is 120 cm³/mol. The fourth-order valence-electron chi connectivity index (χ4n) is 4.51. The Morgan fingerprint density at radius 2 is 1.44 bits per heavy atom. The first-order chi connectivity index (χ1) is 16.1. The van der Waals surface area contributed by atoms with Crippen LogP contribution < -0.4 is 10.6 Å². The lowest BCUT2D eigenvalue weighted by molar-refractivity contribution is -0.176. The average Bonchev–Trinajstić information content (AvgIpc) is 3.09. The molecule has 0 unspecified atom stereocenters. The molecule has 0 saturated heterocycles. The van der Waals surface area contributed by atoms with Crippen LogP contribution in [0.1, 0.15) is 50.2 Å². The van der Waals surface area contributed by atoms with Gasteiger partial charge in [-0.3, -0.25) is 14.4 Å². The van der Waals surface area contributed by atoms with Gasteiger partial charge in [0.25, 0.3) is 5.91 Å². The number of carbonyl (C=O) groups is 3. The Balaban J connectivity index is 0.000000396. The summed E-state index contributed by atoms with van der Waals surface area (Å²) in [5, 5.41) is 12.7. The molecule has 2 aliphatic rings. The van der Waals surface area contributed by atoms with Crippen molar-refractivity contribution in [3.05, 3.63) is 59.7 Å². The summed E-state index contributed by atoms with van der Waals surface area (Å²) in [4.78, 5) is 35.5. The van der Waals surface area contributed by atoms with Gasteiger partial charge in [0.15, 0.2) is 5.54 Å². The van der Waals surface area contributed by atoms with Crippen LogP contribution in [0.4, 0.5) is 13.2 Å². The van der Waals surface area contributed by atoms with Crippen molar-refractivity contribution in [2.75, 3.05) is 6.54 Å². The molecule has 0 spiro atoms. The van der Waals surface area contributed by atoms with E-state index in [1.807, 2.05) is 0 Å². The number of carboxylic acid groups (broad SMARTS) is 1. The molecular weight excluding hydrogens is 449 g/mol. The second-order valence-corrected chi connectivity index (χ2v) is 8.61. The van der Waals surface area contributed by atoms with Crippen LogP contribution in [-0.4, -0.2) is 35.6 Å². The van der Waals surface area contributed by atoms with Crippen molar-refractivity contribution < 1.29 is 32.7 Å². The molecule has 0 aliphatic heterocycles. The van der Waals surface area contributed by atoms with E-state index in [-0.39, 0.29) is 11.1 Å². The zero-order valence-electron chi connectivity index (χ0n) is 18.7. The Morgan fingerprint density at radius 3 is 1.85 bits per heavy atom. The molecular formula is C25H27F3N2O4. The third kappa shape index (κ3) is 5.24. The largest absolute Gasteiger partial charge is 0.480 e. The highest BCUT2D eigenvalue weighted by Crippen LogP contribution is 2.47. The SMILES string of the molecule is CC1CCCCC1.O=C(O)CNC(=O)C1(NC(=O)C(F)(F)F)c2ccccc2-c2ccccc21. The first-order valence-electron chi connectivity index (χ1n) is 11.2. The molecule has 2 aromatic rings. The van der Waals surface area contributed by atoms with Gasteiger partial charge in [-0.05, 0) is 28.2 Å². The van der Waals surface area contributed by atoms with Crippen LogP contribution in [0.2, 0.25) is 0 Å². The van der Waals surface area contributed by atoms with Gasteiger partial charge in [-0.2, -0.15) is 13.2 Å². The molecule has 6 nitrogen and oxygen atoms in total. The van der Waals surface area contributed by atoms with Gasteiger partial charge in [0.1, 0.15) is 6.54 Å². The quantitative estimate of drug-likeness (QED) is 0.611. The van der Waals surface area contributed by atoms with Crippen LogP contribution in [-0.2, 0) is 19.9 Å². The number of carbonyl (C=O) groups excluding carboxylic acids is 2. The van der Waals surface area contributed by atoms with Gasteiger partial charge in [-0.1, -0.05) is 87.6 Å². The Kier molecular flexibility index (Phi) is 7.64. The lowest BCUT2D eigenvalue weighted by atomic mass is 9.86. The molecule has 34 heavy (non-hydrogen) atoms. The van der Waals surface area contributed by atoms with E-state index in [1.165, 1.54) is 56.4 Å². The van der Waals surface area contributed by atoms with E-state index in [4.69, 9.17) is 5.11 Å². The van der Waals surface area contributed by atoms with Crippen LogP contribution >= 0.6 is 0 Å². The highest BCUT2D eigenvalue weighted by Gasteiger charge is 2.54. The highest BCUT2D eigenvalue weighted by molar-refractivity contribution is 6.04. The van der Waals surface area contributed by atoms with E-state index in [9.17, 15) is 27.6 Å². The van der Waals surface area contributed by atoms with Crippen molar-refractivity contribution in [1.82, 2.24) is 10.6 Å². The van der Waals surface area contributed by atoms with E-state index in [0.29, 0.717) is 11.1 Å². The summed E-state index contributed by atoms with van der Waals surface area (Å²) in [6.45, 7) is 1.55. The predicted octanol–water partition coefficient (Wildman–Crippen LogP) is 4.38. The minimum Gasteiger partial charge on any atom is -0.480 e. The van der Waals surface area contributed by atoms with Gasteiger partial charge in [-0.15, -0.1) is 0 Å². The van der Waals surface area contributed by atoms with Gasteiger partial charge < -0.3 is 15.7 Å². The number of nitrogens with one attached hydrogen (secondary N) is 2. The van der Waals surface area contributed by atoms with E-state index in [1.54, 1.807) is 29.6 Å². The van der Waals surface area contributed by atoms with Crippen LogP contribution in [0.5, 0.6) is 0 Å². The molecule has 0 aromatic heterocycles. The molecule has 3 N–H and O–H groups in total. The van der Waals surface area contributed by atoms with Crippen LogP contribution in [0.3, 0.4) is 0 Å². The standard InChI is InChI=1S/C18H13F3N2O4.C7H14/c19-18(20,21)16(27)23-17(15(26)22-9-14(24)25)12-7-3-1-5-10(12)11-6-2-4-8-13(11)17;1-7-5-3-2-4-6-7/h1-8H,9H2,(H,22,26)(H,23,27)(H,24,25);7H,2-6H2,1H3. The Labute approximate surface area is 195 Å². The van der Waals surface area contributed by atoms with Crippen LogP contribution in [0, 0.1) is 5.92 Å². The normalized spacial score (nSPS) is 16.4. The molecule has 1 saturated carbocycles. The molecule has 4 rings (SSSR count). The van der Waals surface area contributed by atoms with Gasteiger partial charge in [-0.25, -0.2) is 0 Å². The van der Waals surface area contributed by atoms with E-state index >= 15 is 0 Å². The summed E-state index contributed by atoms with van der Waals surface area (Å²) >= 11 is 0. The number of amides is 2. The van der Waals surface area contributed by atoms with Gasteiger partial charge >= 0.3 is 18.1 Å². The monoisotopic (exact) mass is 476 g/mol. The molecule has 0 heterocycles. The molecule has 1 fully saturated rings. The first kappa shape index (κ1) is 25.3. The molecule has 2 aliphatic carbocycles. The maximum atomic E-state index is 13.0. The van der Waals surface area contributed by atoms with Gasteiger partial charge in [0.05, 0.1) is 0 Å². The van der Waals surface area contributed by atoms with Crippen molar-refractivity contribution in [3.63, 3.8) is 0 Å². The minimum absolute atomic E-state index is 0.131. The summed E-state index contributed by atoms with van der Waals surface area (Å²) < 4.78 is 38.9. The van der Waals surface area contributed by atoms with Crippen molar-refractivity contribution in [2.45, 2.75) is 50.7 Å². The van der Waals surface area contributed by atoms with E-state index < -0.39 is 36.0 Å². The summed E-state index contributed by atoms with van der Waals surface area (Å²) in [6, 6.07) is 12.4. The molecule has 0 atom stereocenters. The fourth-order valence-corrected chi connectivity index (χ4v) is 4.51. The second-order valence-electron chi connectivity index (χ2n) is 8.61. The number of rotatable bonds is 4. The van der Waals surface area contributed by atoms with Gasteiger partial charge in [0, 0.05) is 0 Å². The smallest absolute Gasteiger partial charge is 0.471 e. The van der Waals surface area contributed by atoms with E-state index in [0.717, 1.165) is 5.92 Å². The average molecular weight is 476 g/mol. The Morgan fingerprint density at radius 1 is 0.941 bits per heavy atom. The van der Waals surface area contributed by atoms with Crippen molar-refractivity contribution in [2.24, 2.45) is 5.92 Å². The lowest BCUT2D eigenvalue weighted by Crippen LogP contribution is -2.59. The topological polar surface area (TPSA) is 95.5 Å². The molecule has 182 valence electrons. The highest BCUT2D eigenvalue weighted by atomic mass is 19.4. The zero-order valence-corrected chi connectivity index (χ0v) is 18.7. The summed E-state index contributed by atoms with van der Waals surface area (Å²) in [6.07, 6.45) is 2.21. The number of aliphatic carboxylic acids is 1. The van der Waals surface area contributed by atoms with Crippen molar-refractivity contribution in [1.29, 1.82) is 0 Å². The number of benzene rings is 2. The number of hydrogen-bond acceptors (Lipinski definition) is 3. The third-order valence-electron chi connectivity index (χ3n) is 6.15. The van der Waals surface area contributed by atoms with Crippen molar-refractivity contribution >= 4 is 17.8 Å². The number of fused-ring (bicyclic) bond motifs is 3. The molecule has 2 aromatic carbocycles. The molecule has 9 heteroatoms. The van der Waals surface area contributed by atoms with Gasteiger partial charge in [0.2, 0.25) is 0 Å². The number of alkyl halides is 3. The number of halogens is 3. The van der Waals surface area contributed by atoms with Crippen LogP contribution in [0.15, 0.2) is 48.5 Å². The van der Waals surface area contributed by atoms with Crippen molar-refractivity contribution in [3.8, 4) is 11.1 Å². The maximum Gasteiger partial charge on any atom is 0.471 e. The maximum absolute atomic E-state index is 13.0. The fraction of sp³-hybridized carbons (Fsp3) is 0.400. The Bertz CT molecular complexity index is 1020. The minimum atomic E-state index is -5.23. The van der Waals surface area contributed by atoms with E-state index in [2.05, 4.69) is 12.2 Å². The summed E-state index contributed by atoms with van der Waals surface area (Å²) in [5.41, 5.74) is -0.990. The summed E-state index contributed by atoms with van der Waals surface area (Å²) in [7, 11) is 0.